The van der Waals surface area contributed by atoms with E-state index in [2.05, 4.69) is 4.98 Å². The number of rotatable bonds is 3. The Morgan fingerprint density at radius 3 is 2.81 bits per heavy atom. The summed E-state index contributed by atoms with van der Waals surface area (Å²) in [5, 5.41) is 0. The van der Waals surface area contributed by atoms with Gasteiger partial charge in [-0.2, -0.15) is 0 Å². The van der Waals surface area contributed by atoms with E-state index in [1.807, 2.05) is 18.0 Å². The van der Waals surface area contributed by atoms with Gasteiger partial charge in [-0.25, -0.2) is 0 Å². The first kappa shape index (κ1) is 10.9. The minimum absolute atomic E-state index is 0.141. The summed E-state index contributed by atoms with van der Waals surface area (Å²) < 4.78 is 0. The molecule has 86 valence electrons. The molecule has 2 N–H and O–H groups in total. The number of pyridine rings is 1. The molecule has 0 atom stereocenters. The maximum Gasteiger partial charge on any atom is 0.228 e. The zero-order valence-corrected chi connectivity index (χ0v) is 9.52. The highest BCUT2D eigenvalue weighted by atomic mass is 16.2. The molecule has 0 saturated heterocycles. The van der Waals surface area contributed by atoms with Crippen LogP contribution in [0.2, 0.25) is 0 Å². The van der Waals surface area contributed by atoms with Gasteiger partial charge < -0.3 is 10.6 Å². The normalized spacial score (nSPS) is 15.6. The first-order valence-corrected chi connectivity index (χ1v) is 5.63. The molecule has 2 rings (SSSR count). The van der Waals surface area contributed by atoms with Crippen molar-refractivity contribution >= 4 is 11.6 Å². The van der Waals surface area contributed by atoms with Crippen LogP contribution in [0.15, 0.2) is 18.3 Å². The second kappa shape index (κ2) is 4.51. The minimum atomic E-state index is 0.141. The van der Waals surface area contributed by atoms with E-state index in [0.717, 1.165) is 18.5 Å². The van der Waals surface area contributed by atoms with Crippen molar-refractivity contribution in [2.45, 2.75) is 31.7 Å². The van der Waals surface area contributed by atoms with Crippen LogP contribution in [0.5, 0.6) is 0 Å². The third-order valence-electron chi connectivity index (χ3n) is 3.20. The van der Waals surface area contributed by atoms with E-state index in [-0.39, 0.29) is 5.91 Å². The fourth-order valence-corrected chi connectivity index (χ4v) is 1.80. The highest BCUT2D eigenvalue weighted by molar-refractivity contribution is 5.78. The average molecular weight is 219 g/mol. The van der Waals surface area contributed by atoms with Gasteiger partial charge in [0.15, 0.2) is 0 Å². The lowest BCUT2D eigenvalue weighted by atomic mass is 9.91. The van der Waals surface area contributed by atoms with E-state index in [1.54, 1.807) is 12.3 Å². The number of carbonyl (C=O) groups excluding carboxylic acids is 1. The van der Waals surface area contributed by atoms with Gasteiger partial charge in [-0.1, -0.05) is 0 Å². The molecule has 0 aromatic carbocycles. The number of likely N-dealkylation sites (N-methyl/N-ethyl adjacent to an activating group) is 1. The second-order valence-corrected chi connectivity index (χ2v) is 4.35. The Hall–Kier alpha value is -1.58. The molecule has 0 radical (unpaired) electrons. The van der Waals surface area contributed by atoms with E-state index in [9.17, 15) is 4.79 Å². The van der Waals surface area contributed by atoms with Gasteiger partial charge in [0.05, 0.1) is 18.3 Å². The largest absolute Gasteiger partial charge is 0.397 e. The van der Waals surface area contributed by atoms with Gasteiger partial charge in [-0.15, -0.1) is 0 Å². The summed E-state index contributed by atoms with van der Waals surface area (Å²) in [4.78, 5) is 17.9. The average Bonchev–Trinajstić information content (AvgIpc) is 2.19. The maximum absolute atomic E-state index is 11.9. The van der Waals surface area contributed by atoms with Crippen molar-refractivity contribution in [1.82, 2.24) is 9.88 Å². The Morgan fingerprint density at radius 2 is 2.31 bits per heavy atom. The molecule has 1 aromatic heterocycles. The molecule has 0 aliphatic heterocycles. The molecule has 1 aliphatic rings. The van der Waals surface area contributed by atoms with Crippen LogP contribution in [-0.4, -0.2) is 28.9 Å². The lowest BCUT2D eigenvalue weighted by Gasteiger charge is -2.34. The quantitative estimate of drug-likeness (QED) is 0.831. The van der Waals surface area contributed by atoms with Gasteiger partial charge in [0, 0.05) is 18.8 Å². The molecule has 1 heterocycles. The lowest BCUT2D eigenvalue weighted by Crippen LogP contribution is -2.42. The van der Waals surface area contributed by atoms with Crippen LogP contribution in [0.4, 0.5) is 5.69 Å². The van der Waals surface area contributed by atoms with Crippen molar-refractivity contribution < 1.29 is 4.79 Å². The molecule has 1 saturated carbocycles. The minimum Gasteiger partial charge on any atom is -0.397 e. The number of hydrogen-bond acceptors (Lipinski definition) is 3. The number of nitrogens with zero attached hydrogens (tertiary/aromatic N) is 2. The number of nitrogen functional groups attached to an aromatic ring is 1. The summed E-state index contributed by atoms with van der Waals surface area (Å²) in [6.45, 7) is 0. The van der Waals surface area contributed by atoms with Crippen molar-refractivity contribution in [3.8, 4) is 0 Å². The highest BCUT2D eigenvalue weighted by Gasteiger charge is 2.25. The standard InChI is InChI=1S/C12H17N3O/c1-15(11-3-2-4-11)12(16)7-10-6-5-9(13)8-14-10/h5-6,8,11H,2-4,7,13H2,1H3. The number of hydrogen-bond donors (Lipinski definition) is 1. The number of nitrogens with two attached hydrogens (primary N) is 1. The van der Waals surface area contributed by atoms with Gasteiger partial charge in [-0.05, 0) is 31.4 Å². The van der Waals surface area contributed by atoms with Gasteiger partial charge in [0.2, 0.25) is 5.91 Å². The highest BCUT2D eigenvalue weighted by Crippen LogP contribution is 2.23. The predicted molar refractivity (Wildman–Crippen MR) is 62.8 cm³/mol. The Kier molecular flexibility index (Phi) is 3.08. The summed E-state index contributed by atoms with van der Waals surface area (Å²) in [5.41, 5.74) is 6.95. The summed E-state index contributed by atoms with van der Waals surface area (Å²) in [6, 6.07) is 4.03. The SMILES string of the molecule is CN(C(=O)Cc1ccc(N)cn1)C1CCC1. The third kappa shape index (κ3) is 2.32. The molecule has 0 spiro atoms. The van der Waals surface area contributed by atoms with Crippen LogP contribution in [0.3, 0.4) is 0 Å². The number of aromatic nitrogens is 1. The Labute approximate surface area is 95.5 Å². The van der Waals surface area contributed by atoms with Crippen molar-refractivity contribution in [1.29, 1.82) is 0 Å². The van der Waals surface area contributed by atoms with Crippen molar-refractivity contribution in [2.75, 3.05) is 12.8 Å². The monoisotopic (exact) mass is 219 g/mol. The summed E-state index contributed by atoms with van der Waals surface area (Å²) in [6.07, 6.45) is 5.47. The number of anilines is 1. The van der Waals surface area contributed by atoms with Gasteiger partial charge in [-0.3, -0.25) is 9.78 Å². The van der Waals surface area contributed by atoms with Crippen molar-refractivity contribution in [3.05, 3.63) is 24.0 Å². The maximum atomic E-state index is 11.9. The Morgan fingerprint density at radius 1 is 1.56 bits per heavy atom. The smallest absolute Gasteiger partial charge is 0.228 e. The molecule has 1 aliphatic carbocycles. The zero-order valence-electron chi connectivity index (χ0n) is 9.52. The van der Waals surface area contributed by atoms with Gasteiger partial charge >= 0.3 is 0 Å². The third-order valence-corrected chi connectivity index (χ3v) is 3.20. The van der Waals surface area contributed by atoms with Crippen LogP contribution in [0.1, 0.15) is 25.0 Å². The van der Waals surface area contributed by atoms with Gasteiger partial charge in [0.1, 0.15) is 0 Å². The Bertz CT molecular complexity index is 370. The van der Waals surface area contributed by atoms with Crippen LogP contribution >= 0.6 is 0 Å². The lowest BCUT2D eigenvalue weighted by molar-refractivity contribution is -0.132. The summed E-state index contributed by atoms with van der Waals surface area (Å²) in [5.74, 6) is 0.141. The van der Waals surface area contributed by atoms with E-state index in [1.165, 1.54) is 6.42 Å². The molecule has 1 fully saturated rings. The second-order valence-electron chi connectivity index (χ2n) is 4.35. The van der Waals surface area contributed by atoms with Gasteiger partial charge in [0.25, 0.3) is 0 Å². The van der Waals surface area contributed by atoms with Crippen LogP contribution < -0.4 is 5.73 Å². The molecule has 0 unspecified atom stereocenters. The number of carbonyl (C=O) groups is 1. The summed E-state index contributed by atoms with van der Waals surface area (Å²) >= 11 is 0. The molecule has 4 nitrogen and oxygen atoms in total. The first-order valence-electron chi connectivity index (χ1n) is 5.63. The van der Waals surface area contributed by atoms with E-state index >= 15 is 0 Å². The summed E-state index contributed by atoms with van der Waals surface area (Å²) in [7, 11) is 1.88. The molecule has 1 amide bonds. The fourth-order valence-electron chi connectivity index (χ4n) is 1.80. The van der Waals surface area contributed by atoms with Crippen LogP contribution in [-0.2, 0) is 11.2 Å². The van der Waals surface area contributed by atoms with Crippen LogP contribution in [0.25, 0.3) is 0 Å². The fraction of sp³-hybridized carbons (Fsp3) is 0.500. The van der Waals surface area contributed by atoms with E-state index in [4.69, 9.17) is 5.73 Å². The number of amides is 1. The van der Waals surface area contributed by atoms with E-state index in [0.29, 0.717) is 18.2 Å². The topological polar surface area (TPSA) is 59.2 Å². The zero-order chi connectivity index (χ0) is 11.5. The molecule has 4 heteroatoms. The molecular formula is C12H17N3O. The van der Waals surface area contributed by atoms with Crippen molar-refractivity contribution in [2.24, 2.45) is 0 Å². The first-order chi connectivity index (χ1) is 7.66. The predicted octanol–water partition coefficient (Wildman–Crippen LogP) is 1.22. The van der Waals surface area contributed by atoms with E-state index < -0.39 is 0 Å². The van der Waals surface area contributed by atoms with Crippen molar-refractivity contribution in [3.63, 3.8) is 0 Å². The van der Waals surface area contributed by atoms with Crippen LogP contribution in [0, 0.1) is 0 Å². The molecule has 1 aromatic rings. The Balaban J connectivity index is 1.93. The molecule has 16 heavy (non-hydrogen) atoms. The molecule has 0 bridgehead atoms. The molecular weight excluding hydrogens is 202 g/mol.